The molecule has 0 spiro atoms. The van der Waals surface area contributed by atoms with Crippen LogP contribution < -0.4 is 5.32 Å². The summed E-state index contributed by atoms with van der Waals surface area (Å²) in [4.78, 5) is 4.17. The van der Waals surface area contributed by atoms with Crippen molar-refractivity contribution in [1.82, 2.24) is 0 Å². The molecule has 3 heteroatoms. The van der Waals surface area contributed by atoms with Gasteiger partial charge in [-0.25, -0.2) is 0 Å². The lowest BCUT2D eigenvalue weighted by molar-refractivity contribution is 1.33. The number of hydrogen-bond acceptors (Lipinski definition) is 3. The highest BCUT2D eigenvalue weighted by molar-refractivity contribution is 5.80. The van der Waals surface area contributed by atoms with Crippen LogP contribution >= 0.6 is 0 Å². The number of anilines is 1. The van der Waals surface area contributed by atoms with Crippen LogP contribution in [-0.2, 0) is 0 Å². The highest BCUT2D eigenvalue weighted by atomic mass is 15.0. The summed E-state index contributed by atoms with van der Waals surface area (Å²) in [6.45, 7) is 0.738. The van der Waals surface area contributed by atoms with Gasteiger partial charge in [0.2, 0.25) is 0 Å². The van der Waals surface area contributed by atoms with E-state index in [1.165, 1.54) is 0 Å². The topological polar surface area (TPSA) is 48.2 Å². The fourth-order valence-electron chi connectivity index (χ4n) is 1.16. The number of nitrogens with zero attached hydrogens (tertiary/aromatic N) is 2. The molecule has 58 valence electrons. The summed E-state index contributed by atoms with van der Waals surface area (Å²) < 4.78 is 0. The Labute approximate surface area is 70.4 Å². The van der Waals surface area contributed by atoms with E-state index in [4.69, 9.17) is 5.26 Å². The third-order valence-electron chi connectivity index (χ3n) is 1.74. The van der Waals surface area contributed by atoms with Crippen molar-refractivity contribution < 1.29 is 0 Å². The highest BCUT2D eigenvalue weighted by Crippen LogP contribution is 2.27. The second kappa shape index (κ2) is 2.67. The number of aliphatic imine (C=N–C) groups is 1. The van der Waals surface area contributed by atoms with Gasteiger partial charge in [0.15, 0.2) is 0 Å². The van der Waals surface area contributed by atoms with E-state index < -0.39 is 0 Å². The Hall–Kier alpha value is -1.82. The molecule has 0 bridgehead atoms. The second-order valence-electron chi connectivity index (χ2n) is 2.54. The minimum atomic E-state index is 0.665. The summed E-state index contributed by atoms with van der Waals surface area (Å²) in [7, 11) is 0. The molecule has 3 nitrogen and oxygen atoms in total. The summed E-state index contributed by atoms with van der Waals surface area (Å²) in [5, 5.41) is 11.8. The first-order chi connectivity index (χ1) is 5.90. The molecule has 0 amide bonds. The van der Waals surface area contributed by atoms with Crippen LogP contribution in [-0.4, -0.2) is 12.8 Å². The molecule has 0 unspecified atom stereocenters. The van der Waals surface area contributed by atoms with Gasteiger partial charge in [-0.05, 0) is 18.2 Å². The van der Waals surface area contributed by atoms with Crippen molar-refractivity contribution in [2.75, 3.05) is 11.9 Å². The van der Waals surface area contributed by atoms with E-state index in [-0.39, 0.29) is 0 Å². The van der Waals surface area contributed by atoms with Crippen LogP contribution in [0.1, 0.15) is 5.56 Å². The Balaban J connectivity index is 2.53. The Morgan fingerprint density at radius 1 is 1.50 bits per heavy atom. The number of nitriles is 1. The lowest BCUT2D eigenvalue weighted by Gasteiger charge is -2.11. The van der Waals surface area contributed by atoms with E-state index in [1.807, 2.05) is 18.3 Å². The van der Waals surface area contributed by atoms with Gasteiger partial charge < -0.3 is 5.32 Å². The molecular formula is C9H7N3. The molecule has 1 aromatic carbocycles. The van der Waals surface area contributed by atoms with Crippen LogP contribution in [0.15, 0.2) is 23.2 Å². The molecule has 0 aliphatic carbocycles. The molecule has 1 heterocycles. The highest BCUT2D eigenvalue weighted by Gasteiger charge is 2.04. The van der Waals surface area contributed by atoms with E-state index in [1.54, 1.807) is 6.07 Å². The first kappa shape index (κ1) is 6.86. The third kappa shape index (κ3) is 1.04. The molecule has 0 fully saturated rings. The molecule has 12 heavy (non-hydrogen) atoms. The number of fused-ring (bicyclic) bond motifs is 1. The summed E-state index contributed by atoms with van der Waals surface area (Å²) >= 11 is 0. The van der Waals surface area contributed by atoms with E-state index >= 15 is 0 Å². The molecule has 0 saturated heterocycles. The Morgan fingerprint density at radius 2 is 2.42 bits per heavy atom. The van der Waals surface area contributed by atoms with Crippen molar-refractivity contribution in [2.24, 2.45) is 4.99 Å². The molecule has 2 rings (SSSR count). The average Bonchev–Trinajstić information content (AvgIpc) is 2.17. The quantitative estimate of drug-likeness (QED) is 0.622. The lowest BCUT2D eigenvalue weighted by atomic mass is 10.2. The minimum absolute atomic E-state index is 0.665. The van der Waals surface area contributed by atoms with Gasteiger partial charge in [0, 0.05) is 6.21 Å². The van der Waals surface area contributed by atoms with Crippen LogP contribution in [0.4, 0.5) is 11.4 Å². The molecule has 1 aromatic rings. The van der Waals surface area contributed by atoms with E-state index in [0.717, 1.165) is 17.9 Å². The summed E-state index contributed by atoms with van der Waals surface area (Å²) in [5.41, 5.74) is 2.51. The van der Waals surface area contributed by atoms with Crippen molar-refractivity contribution in [3.05, 3.63) is 23.8 Å². The molecule has 0 radical (unpaired) electrons. The zero-order valence-corrected chi connectivity index (χ0v) is 6.41. The Bertz CT molecular complexity index is 374. The van der Waals surface area contributed by atoms with E-state index in [0.29, 0.717) is 5.56 Å². The fourth-order valence-corrected chi connectivity index (χ4v) is 1.16. The van der Waals surface area contributed by atoms with Crippen molar-refractivity contribution in [3.8, 4) is 6.07 Å². The maximum Gasteiger partial charge on any atom is 0.0992 e. The molecule has 0 atom stereocenters. The van der Waals surface area contributed by atoms with Gasteiger partial charge >= 0.3 is 0 Å². The van der Waals surface area contributed by atoms with Crippen molar-refractivity contribution in [3.63, 3.8) is 0 Å². The van der Waals surface area contributed by atoms with Gasteiger partial charge in [0.1, 0.15) is 0 Å². The number of nitrogens with one attached hydrogen (secondary N) is 1. The van der Waals surface area contributed by atoms with Gasteiger partial charge in [-0.15, -0.1) is 0 Å². The third-order valence-corrected chi connectivity index (χ3v) is 1.74. The minimum Gasteiger partial charge on any atom is -0.378 e. The van der Waals surface area contributed by atoms with Crippen molar-refractivity contribution in [1.29, 1.82) is 5.26 Å². The smallest absolute Gasteiger partial charge is 0.0992 e. The van der Waals surface area contributed by atoms with Gasteiger partial charge in [0.25, 0.3) is 0 Å². The monoisotopic (exact) mass is 157 g/mol. The molecule has 1 N–H and O–H groups in total. The summed E-state index contributed by atoms with van der Waals surface area (Å²) in [5.74, 6) is 0. The lowest BCUT2D eigenvalue weighted by Crippen LogP contribution is -2.06. The summed E-state index contributed by atoms with van der Waals surface area (Å²) in [6.07, 6.45) is 1.81. The van der Waals surface area contributed by atoms with Crippen molar-refractivity contribution >= 4 is 17.6 Å². The fraction of sp³-hybridized carbons (Fsp3) is 0.111. The Kier molecular flexibility index (Phi) is 1.52. The second-order valence-corrected chi connectivity index (χ2v) is 2.54. The molecule has 0 saturated carbocycles. The number of benzene rings is 1. The van der Waals surface area contributed by atoms with Crippen LogP contribution in [0.3, 0.4) is 0 Å². The number of rotatable bonds is 0. The van der Waals surface area contributed by atoms with Gasteiger partial charge in [-0.3, -0.25) is 4.99 Å². The van der Waals surface area contributed by atoms with Gasteiger partial charge in [-0.2, -0.15) is 5.26 Å². The van der Waals surface area contributed by atoms with Crippen LogP contribution in [0, 0.1) is 11.3 Å². The predicted molar refractivity (Wildman–Crippen MR) is 47.8 cm³/mol. The largest absolute Gasteiger partial charge is 0.378 e. The molecular weight excluding hydrogens is 150 g/mol. The Morgan fingerprint density at radius 3 is 3.25 bits per heavy atom. The van der Waals surface area contributed by atoms with Crippen LogP contribution in [0.2, 0.25) is 0 Å². The maximum absolute atomic E-state index is 8.62. The zero-order chi connectivity index (χ0) is 8.39. The van der Waals surface area contributed by atoms with Crippen molar-refractivity contribution in [2.45, 2.75) is 0 Å². The van der Waals surface area contributed by atoms with E-state index in [2.05, 4.69) is 16.4 Å². The average molecular weight is 157 g/mol. The standard InChI is InChI=1S/C9H7N3/c10-6-7-1-2-8-9(5-7)12-4-3-11-8/h1-3,5,12H,4H2. The maximum atomic E-state index is 8.62. The van der Waals surface area contributed by atoms with Crippen LogP contribution in [0.5, 0.6) is 0 Å². The SMILES string of the molecule is N#Cc1ccc2c(c1)NCC=N2. The normalized spacial score (nSPS) is 12.9. The molecule has 1 aliphatic heterocycles. The molecule has 0 aromatic heterocycles. The zero-order valence-electron chi connectivity index (χ0n) is 6.41. The van der Waals surface area contributed by atoms with Gasteiger partial charge in [0.05, 0.1) is 29.6 Å². The number of hydrogen-bond donors (Lipinski definition) is 1. The van der Waals surface area contributed by atoms with E-state index in [9.17, 15) is 0 Å². The first-order valence-electron chi connectivity index (χ1n) is 3.71. The predicted octanol–water partition coefficient (Wildman–Crippen LogP) is 1.69. The summed E-state index contributed by atoms with van der Waals surface area (Å²) in [6, 6.07) is 7.51. The first-order valence-corrected chi connectivity index (χ1v) is 3.71. The van der Waals surface area contributed by atoms with Crippen LogP contribution in [0.25, 0.3) is 0 Å². The van der Waals surface area contributed by atoms with Gasteiger partial charge in [-0.1, -0.05) is 0 Å². The molecule has 1 aliphatic rings.